The van der Waals surface area contributed by atoms with Crippen LogP contribution in [0.4, 0.5) is 0 Å². The van der Waals surface area contributed by atoms with Gasteiger partial charge in [-0.05, 0) is 35.0 Å². The van der Waals surface area contributed by atoms with Gasteiger partial charge in [0.25, 0.3) is 0 Å². The first kappa shape index (κ1) is 11.9. The summed E-state index contributed by atoms with van der Waals surface area (Å²) in [5.41, 5.74) is 3.95. The minimum absolute atomic E-state index is 0.101. The van der Waals surface area contributed by atoms with Gasteiger partial charge in [0.15, 0.2) is 0 Å². The number of halogens is 1. The average molecular weight is 301 g/mol. The lowest BCUT2D eigenvalue weighted by molar-refractivity contribution is 0.503. The summed E-state index contributed by atoms with van der Waals surface area (Å²) in [6.45, 7) is 1.95. The minimum Gasteiger partial charge on any atom is -0.469 e. The third-order valence-corrected chi connectivity index (χ3v) is 4.22. The number of rotatable bonds is 4. The molecule has 0 aromatic carbocycles. The zero-order valence-corrected chi connectivity index (χ0v) is 11.3. The third-order valence-electron chi connectivity index (χ3n) is 2.50. The SMILES string of the molecule is Cc1occc1C(Cc1cc(Br)cs1)NN. The van der Waals surface area contributed by atoms with Crippen molar-refractivity contribution in [3.63, 3.8) is 0 Å². The lowest BCUT2D eigenvalue weighted by atomic mass is 10.0. The van der Waals surface area contributed by atoms with Crippen molar-refractivity contribution >= 4 is 27.3 Å². The molecule has 0 saturated carbocycles. The zero-order valence-electron chi connectivity index (χ0n) is 8.87. The molecule has 2 heterocycles. The van der Waals surface area contributed by atoms with Gasteiger partial charge < -0.3 is 4.42 Å². The van der Waals surface area contributed by atoms with Crippen LogP contribution < -0.4 is 11.3 Å². The van der Waals surface area contributed by atoms with Crippen LogP contribution in [-0.2, 0) is 6.42 Å². The molecule has 5 heteroatoms. The Balaban J connectivity index is 2.15. The van der Waals surface area contributed by atoms with E-state index in [1.165, 1.54) is 4.88 Å². The highest BCUT2D eigenvalue weighted by atomic mass is 79.9. The second kappa shape index (κ2) is 5.14. The number of nitrogens with one attached hydrogen (secondary N) is 1. The first-order valence-corrected chi connectivity index (χ1v) is 6.61. The Kier molecular flexibility index (Phi) is 3.81. The molecule has 1 atom stereocenters. The Morgan fingerprint density at radius 3 is 2.94 bits per heavy atom. The van der Waals surface area contributed by atoms with E-state index in [-0.39, 0.29) is 6.04 Å². The highest BCUT2D eigenvalue weighted by Gasteiger charge is 2.15. The van der Waals surface area contributed by atoms with Gasteiger partial charge in [0.05, 0.1) is 12.3 Å². The molecule has 86 valence electrons. The van der Waals surface area contributed by atoms with Crippen LogP contribution in [0, 0.1) is 6.92 Å². The van der Waals surface area contributed by atoms with Gasteiger partial charge in [-0.3, -0.25) is 11.3 Å². The van der Waals surface area contributed by atoms with E-state index < -0.39 is 0 Å². The molecule has 2 aromatic heterocycles. The number of aryl methyl sites for hydroxylation is 1. The van der Waals surface area contributed by atoms with Gasteiger partial charge in [-0.1, -0.05) is 0 Å². The van der Waals surface area contributed by atoms with E-state index in [0.717, 1.165) is 22.2 Å². The summed E-state index contributed by atoms with van der Waals surface area (Å²) in [4.78, 5) is 1.29. The molecule has 0 aliphatic heterocycles. The number of hydrazine groups is 1. The van der Waals surface area contributed by atoms with E-state index in [1.54, 1.807) is 17.6 Å². The van der Waals surface area contributed by atoms with Gasteiger partial charge in [0.1, 0.15) is 5.76 Å². The fourth-order valence-electron chi connectivity index (χ4n) is 1.68. The maximum absolute atomic E-state index is 5.59. The molecular formula is C11H13BrN2OS. The highest BCUT2D eigenvalue weighted by molar-refractivity contribution is 9.10. The quantitative estimate of drug-likeness (QED) is 0.674. The van der Waals surface area contributed by atoms with Crippen LogP contribution in [0.1, 0.15) is 22.2 Å². The van der Waals surface area contributed by atoms with Gasteiger partial charge in [-0.2, -0.15) is 0 Å². The summed E-state index contributed by atoms with van der Waals surface area (Å²) in [7, 11) is 0. The second-order valence-corrected chi connectivity index (χ2v) is 5.50. The zero-order chi connectivity index (χ0) is 11.5. The molecule has 0 radical (unpaired) electrons. The maximum Gasteiger partial charge on any atom is 0.105 e. The molecule has 16 heavy (non-hydrogen) atoms. The maximum atomic E-state index is 5.59. The lowest BCUT2D eigenvalue weighted by Gasteiger charge is -2.13. The van der Waals surface area contributed by atoms with Gasteiger partial charge >= 0.3 is 0 Å². The first-order chi connectivity index (χ1) is 7.70. The molecule has 3 N–H and O–H groups in total. The molecule has 0 spiro atoms. The van der Waals surface area contributed by atoms with Crippen LogP contribution in [0.5, 0.6) is 0 Å². The topological polar surface area (TPSA) is 51.2 Å². The van der Waals surface area contributed by atoms with Crippen LogP contribution in [0.15, 0.2) is 32.7 Å². The van der Waals surface area contributed by atoms with Crippen molar-refractivity contribution in [1.82, 2.24) is 5.43 Å². The van der Waals surface area contributed by atoms with E-state index in [4.69, 9.17) is 10.3 Å². The van der Waals surface area contributed by atoms with Gasteiger partial charge in [-0.25, -0.2) is 0 Å². The molecule has 0 bridgehead atoms. The molecule has 2 aromatic rings. The summed E-state index contributed by atoms with van der Waals surface area (Å²) in [6.07, 6.45) is 2.56. The van der Waals surface area contributed by atoms with Crippen molar-refractivity contribution in [3.8, 4) is 0 Å². The standard InChI is InChI=1S/C11H13BrN2OS/c1-7-10(2-3-15-7)11(14-13)5-9-4-8(12)6-16-9/h2-4,6,11,14H,5,13H2,1H3. The number of thiophene rings is 1. The Labute approximate surface area is 107 Å². The monoisotopic (exact) mass is 300 g/mol. The molecule has 0 fully saturated rings. The first-order valence-electron chi connectivity index (χ1n) is 4.93. The Morgan fingerprint density at radius 2 is 2.44 bits per heavy atom. The van der Waals surface area contributed by atoms with E-state index in [0.29, 0.717) is 0 Å². The number of hydrogen-bond donors (Lipinski definition) is 2. The van der Waals surface area contributed by atoms with Crippen LogP contribution in [0.2, 0.25) is 0 Å². The second-order valence-electron chi connectivity index (χ2n) is 3.59. The van der Waals surface area contributed by atoms with Crippen LogP contribution in [0.25, 0.3) is 0 Å². The van der Waals surface area contributed by atoms with Crippen LogP contribution in [0.3, 0.4) is 0 Å². The van der Waals surface area contributed by atoms with Crippen molar-refractivity contribution in [2.45, 2.75) is 19.4 Å². The largest absolute Gasteiger partial charge is 0.469 e. The van der Waals surface area contributed by atoms with Gasteiger partial charge in [0.2, 0.25) is 0 Å². The minimum atomic E-state index is 0.101. The Morgan fingerprint density at radius 1 is 1.62 bits per heavy atom. The predicted molar refractivity (Wildman–Crippen MR) is 69.2 cm³/mol. The molecule has 1 unspecified atom stereocenters. The van der Waals surface area contributed by atoms with Crippen molar-refractivity contribution in [1.29, 1.82) is 0 Å². The molecular weight excluding hydrogens is 288 g/mol. The molecule has 0 saturated heterocycles. The summed E-state index contributed by atoms with van der Waals surface area (Å²) in [5.74, 6) is 6.50. The van der Waals surface area contributed by atoms with Crippen molar-refractivity contribution in [3.05, 3.63) is 44.4 Å². The van der Waals surface area contributed by atoms with Crippen molar-refractivity contribution < 1.29 is 4.42 Å². The van der Waals surface area contributed by atoms with E-state index in [1.807, 2.05) is 13.0 Å². The summed E-state index contributed by atoms with van der Waals surface area (Å²) >= 11 is 5.17. The lowest BCUT2D eigenvalue weighted by Crippen LogP contribution is -2.29. The Bertz CT molecular complexity index is 466. The highest BCUT2D eigenvalue weighted by Crippen LogP contribution is 2.26. The molecule has 3 nitrogen and oxygen atoms in total. The summed E-state index contributed by atoms with van der Waals surface area (Å²) in [5, 5.41) is 2.07. The van der Waals surface area contributed by atoms with Crippen LogP contribution >= 0.6 is 27.3 Å². The predicted octanol–water partition coefficient (Wildman–Crippen LogP) is 3.16. The van der Waals surface area contributed by atoms with Crippen molar-refractivity contribution in [2.75, 3.05) is 0 Å². The fraction of sp³-hybridized carbons (Fsp3) is 0.273. The molecule has 0 aliphatic rings. The van der Waals surface area contributed by atoms with E-state index >= 15 is 0 Å². The van der Waals surface area contributed by atoms with Crippen LogP contribution in [-0.4, -0.2) is 0 Å². The number of hydrogen-bond acceptors (Lipinski definition) is 4. The Hall–Kier alpha value is -0.620. The number of furan rings is 1. The fourth-order valence-corrected chi connectivity index (χ4v) is 3.18. The smallest absolute Gasteiger partial charge is 0.105 e. The molecule has 0 aliphatic carbocycles. The molecule has 2 rings (SSSR count). The van der Waals surface area contributed by atoms with Gasteiger partial charge in [0, 0.05) is 26.7 Å². The van der Waals surface area contributed by atoms with Gasteiger partial charge in [-0.15, -0.1) is 11.3 Å². The van der Waals surface area contributed by atoms with E-state index in [9.17, 15) is 0 Å². The number of nitrogens with two attached hydrogens (primary N) is 1. The van der Waals surface area contributed by atoms with E-state index in [2.05, 4.69) is 32.8 Å². The average Bonchev–Trinajstić information content (AvgIpc) is 2.84. The third kappa shape index (κ3) is 2.55. The molecule has 0 amide bonds. The summed E-state index contributed by atoms with van der Waals surface area (Å²) < 4.78 is 6.41. The van der Waals surface area contributed by atoms with Crippen molar-refractivity contribution in [2.24, 2.45) is 5.84 Å². The normalized spacial score (nSPS) is 12.9. The summed E-state index contributed by atoms with van der Waals surface area (Å²) in [6, 6.07) is 4.18.